The van der Waals surface area contributed by atoms with Gasteiger partial charge >= 0.3 is 0 Å². The van der Waals surface area contributed by atoms with Crippen molar-refractivity contribution in [1.82, 2.24) is 5.32 Å². The summed E-state index contributed by atoms with van der Waals surface area (Å²) in [5, 5.41) is 3.01. The lowest BCUT2D eigenvalue weighted by atomic mass is 10.2. The second-order valence-electron chi connectivity index (χ2n) is 5.69. The first-order valence-corrected chi connectivity index (χ1v) is 8.99. The quantitative estimate of drug-likeness (QED) is 0.773. The maximum Gasteiger partial charge on any atom is 0.232 e. The molecule has 0 unspecified atom stereocenters. The fraction of sp³-hybridized carbons (Fsp3) is 0.562. The molecule has 0 aliphatic carbocycles. The molecule has 0 aliphatic rings. The highest BCUT2D eigenvalue weighted by atomic mass is 32.2. The van der Waals surface area contributed by atoms with E-state index in [-0.39, 0.29) is 15.9 Å². The SMILES string of the molecule is C[C@H](SCc1ccccc1)C(=O)NCCSC(C)(C)C. The van der Waals surface area contributed by atoms with Gasteiger partial charge < -0.3 is 5.32 Å². The summed E-state index contributed by atoms with van der Waals surface area (Å²) in [6, 6.07) is 10.3. The molecule has 2 nitrogen and oxygen atoms in total. The number of rotatable bonds is 7. The number of carbonyl (C=O) groups excluding carboxylic acids is 1. The lowest BCUT2D eigenvalue weighted by molar-refractivity contribution is -0.120. The average molecular weight is 312 g/mol. The van der Waals surface area contributed by atoms with Crippen molar-refractivity contribution < 1.29 is 4.79 Å². The third-order valence-electron chi connectivity index (χ3n) is 2.65. The second-order valence-corrected chi connectivity index (χ2v) is 8.94. The van der Waals surface area contributed by atoms with Crippen LogP contribution in [0.15, 0.2) is 30.3 Å². The Morgan fingerprint density at radius 2 is 1.90 bits per heavy atom. The minimum atomic E-state index is -0.00478. The van der Waals surface area contributed by atoms with E-state index in [1.807, 2.05) is 36.9 Å². The van der Waals surface area contributed by atoms with Gasteiger partial charge in [0.15, 0.2) is 0 Å². The molecule has 1 amide bonds. The van der Waals surface area contributed by atoms with Crippen LogP contribution in [0.5, 0.6) is 0 Å². The molecule has 1 aromatic carbocycles. The Morgan fingerprint density at radius 3 is 2.50 bits per heavy atom. The van der Waals surface area contributed by atoms with E-state index in [0.717, 1.165) is 18.1 Å². The normalized spacial score (nSPS) is 13.0. The number of hydrogen-bond acceptors (Lipinski definition) is 3. The highest BCUT2D eigenvalue weighted by Gasteiger charge is 2.14. The zero-order valence-electron chi connectivity index (χ0n) is 12.8. The molecule has 0 spiro atoms. The minimum Gasteiger partial charge on any atom is -0.354 e. The fourth-order valence-electron chi connectivity index (χ4n) is 1.55. The second kappa shape index (κ2) is 8.63. The molecule has 112 valence electrons. The van der Waals surface area contributed by atoms with Crippen molar-refractivity contribution in [2.24, 2.45) is 0 Å². The van der Waals surface area contributed by atoms with Crippen molar-refractivity contribution in [3.8, 4) is 0 Å². The number of amides is 1. The molecule has 4 heteroatoms. The summed E-state index contributed by atoms with van der Waals surface area (Å²) in [4.78, 5) is 11.9. The van der Waals surface area contributed by atoms with Crippen molar-refractivity contribution in [1.29, 1.82) is 0 Å². The molecule has 1 aromatic rings. The molecular weight excluding hydrogens is 286 g/mol. The van der Waals surface area contributed by atoms with Crippen LogP contribution in [0.25, 0.3) is 0 Å². The van der Waals surface area contributed by atoms with Gasteiger partial charge in [0, 0.05) is 22.8 Å². The van der Waals surface area contributed by atoms with E-state index in [2.05, 4.69) is 38.2 Å². The van der Waals surface area contributed by atoms with Crippen LogP contribution in [-0.2, 0) is 10.5 Å². The molecule has 0 saturated heterocycles. The third-order valence-corrected chi connectivity index (χ3v) is 5.14. The highest BCUT2D eigenvalue weighted by molar-refractivity contribution is 8.00. The van der Waals surface area contributed by atoms with Gasteiger partial charge in [-0.3, -0.25) is 4.79 Å². The van der Waals surface area contributed by atoms with Crippen LogP contribution in [0, 0.1) is 0 Å². The van der Waals surface area contributed by atoms with Crippen LogP contribution < -0.4 is 5.32 Å². The maximum atomic E-state index is 11.9. The van der Waals surface area contributed by atoms with Crippen LogP contribution in [0.4, 0.5) is 0 Å². The molecule has 0 bridgehead atoms. The first-order chi connectivity index (χ1) is 9.38. The molecule has 0 saturated carbocycles. The summed E-state index contributed by atoms with van der Waals surface area (Å²) in [5.74, 6) is 1.98. The van der Waals surface area contributed by atoms with Crippen LogP contribution >= 0.6 is 23.5 Å². The Labute approximate surface area is 131 Å². The van der Waals surface area contributed by atoms with Gasteiger partial charge in [-0.05, 0) is 12.5 Å². The van der Waals surface area contributed by atoms with E-state index in [9.17, 15) is 4.79 Å². The molecule has 1 N–H and O–H groups in total. The zero-order chi connectivity index (χ0) is 15.0. The third kappa shape index (κ3) is 7.85. The Bertz CT molecular complexity index is 401. The summed E-state index contributed by atoms with van der Waals surface area (Å²) in [6.45, 7) is 9.30. The summed E-state index contributed by atoms with van der Waals surface area (Å²) >= 11 is 3.56. The molecule has 0 radical (unpaired) electrons. The largest absolute Gasteiger partial charge is 0.354 e. The van der Waals surface area contributed by atoms with Gasteiger partial charge in [-0.2, -0.15) is 11.8 Å². The average Bonchev–Trinajstić information content (AvgIpc) is 2.40. The standard InChI is InChI=1S/C16H25NOS2/c1-13(19-12-14-8-6-5-7-9-14)15(18)17-10-11-20-16(2,3)4/h5-9,13H,10-12H2,1-4H3,(H,17,18)/t13-/m0/s1. The Morgan fingerprint density at radius 1 is 1.25 bits per heavy atom. The van der Waals surface area contributed by atoms with Gasteiger partial charge in [0.1, 0.15) is 0 Å². The van der Waals surface area contributed by atoms with E-state index in [1.165, 1.54) is 5.56 Å². The topological polar surface area (TPSA) is 29.1 Å². The lowest BCUT2D eigenvalue weighted by Crippen LogP contribution is -2.33. The predicted molar refractivity (Wildman–Crippen MR) is 92.4 cm³/mol. The van der Waals surface area contributed by atoms with E-state index in [1.54, 1.807) is 11.8 Å². The zero-order valence-corrected chi connectivity index (χ0v) is 14.4. The van der Waals surface area contributed by atoms with Crippen LogP contribution in [0.2, 0.25) is 0 Å². The van der Waals surface area contributed by atoms with Crippen molar-refractivity contribution in [3.63, 3.8) is 0 Å². The number of hydrogen-bond donors (Lipinski definition) is 1. The summed E-state index contributed by atoms with van der Waals surface area (Å²) in [6.07, 6.45) is 0. The Balaban J connectivity index is 2.19. The monoisotopic (exact) mass is 311 g/mol. The first-order valence-electron chi connectivity index (χ1n) is 6.96. The van der Waals surface area contributed by atoms with Gasteiger partial charge in [-0.25, -0.2) is 0 Å². The van der Waals surface area contributed by atoms with Crippen molar-refractivity contribution in [2.75, 3.05) is 12.3 Å². The predicted octanol–water partition coefficient (Wildman–Crippen LogP) is 3.96. The number of benzene rings is 1. The molecule has 1 rings (SSSR count). The van der Waals surface area contributed by atoms with Gasteiger partial charge in [0.05, 0.1) is 5.25 Å². The van der Waals surface area contributed by atoms with Crippen LogP contribution in [-0.4, -0.2) is 28.2 Å². The van der Waals surface area contributed by atoms with E-state index >= 15 is 0 Å². The van der Waals surface area contributed by atoms with Crippen molar-refractivity contribution in [3.05, 3.63) is 35.9 Å². The van der Waals surface area contributed by atoms with E-state index in [0.29, 0.717) is 0 Å². The Hall–Kier alpha value is -0.610. The number of nitrogens with one attached hydrogen (secondary N) is 1. The van der Waals surface area contributed by atoms with Crippen molar-refractivity contribution in [2.45, 2.75) is 43.4 Å². The summed E-state index contributed by atoms with van der Waals surface area (Å²) < 4.78 is 0.262. The van der Waals surface area contributed by atoms with Gasteiger partial charge in [0.25, 0.3) is 0 Å². The van der Waals surface area contributed by atoms with Crippen molar-refractivity contribution >= 4 is 29.4 Å². The number of carbonyl (C=O) groups is 1. The molecule has 0 aromatic heterocycles. The van der Waals surface area contributed by atoms with E-state index in [4.69, 9.17) is 0 Å². The van der Waals surface area contributed by atoms with Gasteiger partial charge in [-0.1, -0.05) is 51.1 Å². The van der Waals surface area contributed by atoms with Crippen LogP contribution in [0.1, 0.15) is 33.3 Å². The van der Waals surface area contributed by atoms with Crippen LogP contribution in [0.3, 0.4) is 0 Å². The molecule has 0 aliphatic heterocycles. The molecule has 0 fully saturated rings. The maximum absolute atomic E-state index is 11.9. The van der Waals surface area contributed by atoms with E-state index < -0.39 is 0 Å². The minimum absolute atomic E-state index is 0.00478. The Kier molecular flexibility index (Phi) is 7.52. The summed E-state index contributed by atoms with van der Waals surface area (Å²) in [5.41, 5.74) is 1.26. The first kappa shape index (κ1) is 17.4. The lowest BCUT2D eigenvalue weighted by Gasteiger charge is -2.18. The fourth-order valence-corrected chi connectivity index (χ4v) is 3.23. The molecular formula is C16H25NOS2. The molecule has 0 heterocycles. The summed E-state index contributed by atoms with van der Waals surface area (Å²) in [7, 11) is 0. The number of thioether (sulfide) groups is 2. The van der Waals surface area contributed by atoms with Gasteiger partial charge in [0.2, 0.25) is 5.91 Å². The molecule has 20 heavy (non-hydrogen) atoms. The highest BCUT2D eigenvalue weighted by Crippen LogP contribution is 2.22. The van der Waals surface area contributed by atoms with Gasteiger partial charge in [-0.15, -0.1) is 11.8 Å². The molecule has 1 atom stereocenters. The smallest absolute Gasteiger partial charge is 0.232 e.